The Morgan fingerprint density at radius 2 is 2.00 bits per heavy atom. The van der Waals surface area contributed by atoms with Gasteiger partial charge in [-0.25, -0.2) is 0 Å². The zero-order valence-electron chi connectivity index (χ0n) is 9.49. The molecular weight excluding hydrogens is 184 g/mol. The molecule has 1 aliphatic carbocycles. The number of hydrogen-bond donors (Lipinski definition) is 0. The van der Waals surface area contributed by atoms with E-state index in [9.17, 15) is 4.79 Å². The fraction of sp³-hybridized carbons (Fsp3) is 0.500. The van der Waals surface area contributed by atoms with Gasteiger partial charge in [0.1, 0.15) is 5.78 Å². The number of rotatable bonds is 2. The van der Waals surface area contributed by atoms with Gasteiger partial charge in [-0.3, -0.25) is 4.79 Å². The van der Waals surface area contributed by atoms with Crippen molar-refractivity contribution in [2.45, 2.75) is 33.1 Å². The van der Waals surface area contributed by atoms with Gasteiger partial charge in [-0.05, 0) is 23.8 Å². The van der Waals surface area contributed by atoms with Crippen LogP contribution in [0.15, 0.2) is 30.3 Å². The van der Waals surface area contributed by atoms with Crippen LogP contribution in [-0.4, -0.2) is 5.78 Å². The Morgan fingerprint density at radius 3 is 2.53 bits per heavy atom. The number of Topliss-reactive ketones (excluding diaryl/α,β-unsaturated/α-hetero) is 1. The molecule has 0 aromatic heterocycles. The summed E-state index contributed by atoms with van der Waals surface area (Å²) in [4.78, 5) is 11.6. The Hall–Kier alpha value is -1.11. The maximum Gasteiger partial charge on any atom is 0.136 e. The molecule has 1 aliphatic rings. The molecule has 0 saturated heterocycles. The monoisotopic (exact) mass is 202 g/mol. The van der Waals surface area contributed by atoms with Crippen molar-refractivity contribution in [1.82, 2.24) is 0 Å². The third kappa shape index (κ3) is 1.97. The lowest BCUT2D eigenvalue weighted by Crippen LogP contribution is -2.25. The molecule has 1 aromatic rings. The molecule has 15 heavy (non-hydrogen) atoms. The van der Waals surface area contributed by atoms with Gasteiger partial charge in [0.05, 0.1) is 0 Å². The fourth-order valence-corrected chi connectivity index (χ4v) is 2.53. The van der Waals surface area contributed by atoms with Crippen molar-refractivity contribution in [2.75, 3.05) is 0 Å². The SMILES string of the molecule is CC1C(=O)CCC1(C)Cc1ccccc1. The first kappa shape index (κ1) is 10.4. The van der Waals surface area contributed by atoms with Gasteiger partial charge in [0, 0.05) is 12.3 Å². The van der Waals surface area contributed by atoms with Crippen LogP contribution < -0.4 is 0 Å². The van der Waals surface area contributed by atoms with Crippen LogP contribution in [0.4, 0.5) is 0 Å². The van der Waals surface area contributed by atoms with Crippen molar-refractivity contribution in [3.63, 3.8) is 0 Å². The van der Waals surface area contributed by atoms with Gasteiger partial charge in [0.25, 0.3) is 0 Å². The van der Waals surface area contributed by atoms with Crippen LogP contribution in [0.25, 0.3) is 0 Å². The number of hydrogen-bond acceptors (Lipinski definition) is 1. The first-order valence-corrected chi connectivity index (χ1v) is 5.68. The predicted octanol–water partition coefficient (Wildman–Crippen LogP) is 3.23. The van der Waals surface area contributed by atoms with E-state index >= 15 is 0 Å². The molecule has 0 N–H and O–H groups in total. The predicted molar refractivity (Wildman–Crippen MR) is 61.7 cm³/mol. The molecule has 0 amide bonds. The van der Waals surface area contributed by atoms with E-state index in [2.05, 4.69) is 38.1 Å². The summed E-state index contributed by atoms with van der Waals surface area (Å²) in [6.45, 7) is 4.33. The summed E-state index contributed by atoms with van der Waals surface area (Å²) in [5.74, 6) is 0.658. The number of benzene rings is 1. The van der Waals surface area contributed by atoms with Gasteiger partial charge in [0.15, 0.2) is 0 Å². The minimum atomic E-state index is 0.179. The largest absolute Gasteiger partial charge is 0.299 e. The number of carbonyl (C=O) groups excluding carboxylic acids is 1. The average molecular weight is 202 g/mol. The van der Waals surface area contributed by atoms with Crippen LogP contribution in [0.3, 0.4) is 0 Å². The van der Waals surface area contributed by atoms with Gasteiger partial charge in [-0.1, -0.05) is 44.2 Å². The first-order chi connectivity index (χ1) is 7.12. The Morgan fingerprint density at radius 1 is 1.33 bits per heavy atom. The second-order valence-corrected chi connectivity index (χ2v) is 5.00. The normalized spacial score (nSPS) is 30.8. The van der Waals surface area contributed by atoms with E-state index in [0.29, 0.717) is 5.78 Å². The molecule has 1 saturated carbocycles. The van der Waals surface area contributed by atoms with E-state index in [0.717, 1.165) is 19.3 Å². The lowest BCUT2D eigenvalue weighted by molar-refractivity contribution is -0.121. The summed E-state index contributed by atoms with van der Waals surface area (Å²) >= 11 is 0. The summed E-state index contributed by atoms with van der Waals surface area (Å²) in [5, 5.41) is 0. The summed E-state index contributed by atoms with van der Waals surface area (Å²) in [6.07, 6.45) is 2.84. The van der Waals surface area contributed by atoms with Crippen LogP contribution in [0.2, 0.25) is 0 Å². The quantitative estimate of drug-likeness (QED) is 0.719. The molecule has 0 aliphatic heterocycles. The van der Waals surface area contributed by atoms with Gasteiger partial charge in [0.2, 0.25) is 0 Å². The molecule has 2 unspecified atom stereocenters. The van der Waals surface area contributed by atoms with Crippen molar-refractivity contribution in [1.29, 1.82) is 0 Å². The molecular formula is C14H18O. The maximum absolute atomic E-state index is 11.6. The van der Waals surface area contributed by atoms with Crippen molar-refractivity contribution >= 4 is 5.78 Å². The Bertz CT molecular complexity index is 355. The summed E-state index contributed by atoms with van der Waals surface area (Å²) < 4.78 is 0. The van der Waals surface area contributed by atoms with E-state index in [4.69, 9.17) is 0 Å². The molecule has 2 rings (SSSR count). The first-order valence-electron chi connectivity index (χ1n) is 5.68. The minimum Gasteiger partial charge on any atom is -0.299 e. The van der Waals surface area contributed by atoms with Crippen molar-refractivity contribution in [3.05, 3.63) is 35.9 Å². The molecule has 1 heteroatoms. The van der Waals surface area contributed by atoms with Crippen LogP contribution in [0.1, 0.15) is 32.3 Å². The topological polar surface area (TPSA) is 17.1 Å². The molecule has 0 heterocycles. The van der Waals surface area contributed by atoms with Crippen molar-refractivity contribution < 1.29 is 4.79 Å². The van der Waals surface area contributed by atoms with Gasteiger partial charge < -0.3 is 0 Å². The maximum atomic E-state index is 11.6. The second-order valence-electron chi connectivity index (χ2n) is 5.00. The van der Waals surface area contributed by atoms with Gasteiger partial charge >= 0.3 is 0 Å². The lowest BCUT2D eigenvalue weighted by atomic mass is 9.76. The van der Waals surface area contributed by atoms with Crippen LogP contribution in [0, 0.1) is 11.3 Å². The highest BCUT2D eigenvalue weighted by Gasteiger charge is 2.41. The van der Waals surface area contributed by atoms with Crippen LogP contribution >= 0.6 is 0 Å². The Kier molecular flexibility index (Phi) is 2.64. The molecule has 1 nitrogen and oxygen atoms in total. The number of carbonyl (C=O) groups is 1. The number of ketones is 1. The smallest absolute Gasteiger partial charge is 0.136 e. The highest BCUT2D eigenvalue weighted by atomic mass is 16.1. The molecule has 0 radical (unpaired) electrons. The molecule has 0 bridgehead atoms. The lowest BCUT2D eigenvalue weighted by Gasteiger charge is -2.28. The minimum absolute atomic E-state index is 0.179. The highest BCUT2D eigenvalue weighted by molar-refractivity contribution is 5.83. The Labute approximate surface area is 91.5 Å². The third-order valence-corrected chi connectivity index (χ3v) is 3.92. The zero-order valence-corrected chi connectivity index (χ0v) is 9.49. The third-order valence-electron chi connectivity index (χ3n) is 3.92. The fourth-order valence-electron chi connectivity index (χ4n) is 2.53. The molecule has 80 valence electrons. The summed E-state index contributed by atoms with van der Waals surface area (Å²) in [7, 11) is 0. The second kappa shape index (κ2) is 3.80. The molecule has 0 spiro atoms. The van der Waals surface area contributed by atoms with E-state index in [1.54, 1.807) is 0 Å². The van der Waals surface area contributed by atoms with Gasteiger partial charge in [-0.2, -0.15) is 0 Å². The van der Waals surface area contributed by atoms with Crippen LogP contribution in [0.5, 0.6) is 0 Å². The average Bonchev–Trinajstić information content (AvgIpc) is 2.48. The summed E-state index contributed by atoms with van der Waals surface area (Å²) in [6, 6.07) is 10.5. The molecule has 2 atom stereocenters. The Balaban J connectivity index is 2.15. The van der Waals surface area contributed by atoms with Crippen molar-refractivity contribution in [2.24, 2.45) is 11.3 Å². The summed E-state index contributed by atoms with van der Waals surface area (Å²) in [5.41, 5.74) is 1.53. The van der Waals surface area contributed by atoms with Crippen LogP contribution in [-0.2, 0) is 11.2 Å². The van der Waals surface area contributed by atoms with E-state index < -0.39 is 0 Å². The van der Waals surface area contributed by atoms with E-state index in [1.807, 2.05) is 6.07 Å². The van der Waals surface area contributed by atoms with E-state index in [1.165, 1.54) is 5.56 Å². The van der Waals surface area contributed by atoms with E-state index in [-0.39, 0.29) is 11.3 Å². The molecule has 1 aromatic carbocycles. The van der Waals surface area contributed by atoms with Crippen molar-refractivity contribution in [3.8, 4) is 0 Å². The highest BCUT2D eigenvalue weighted by Crippen LogP contribution is 2.43. The standard InChI is InChI=1S/C14H18O/c1-11-13(15)8-9-14(11,2)10-12-6-4-3-5-7-12/h3-7,11H,8-10H2,1-2H3. The molecule has 1 fully saturated rings. The van der Waals surface area contributed by atoms with Gasteiger partial charge in [-0.15, -0.1) is 0 Å². The zero-order chi connectivity index (χ0) is 10.9.